The number of aromatic amines is 1. The van der Waals surface area contributed by atoms with Crippen molar-refractivity contribution in [2.24, 2.45) is 5.92 Å². The molecule has 6 rings (SSSR count). The van der Waals surface area contributed by atoms with Crippen LogP contribution in [0.15, 0.2) is 82.6 Å². The van der Waals surface area contributed by atoms with Crippen molar-refractivity contribution in [3.63, 3.8) is 0 Å². The molecule has 9 nitrogen and oxygen atoms in total. The summed E-state index contributed by atoms with van der Waals surface area (Å²) in [6, 6.07) is 19.0. The molecular weight excluding hydrogens is 569 g/mol. The van der Waals surface area contributed by atoms with E-state index in [1.54, 1.807) is 55.6 Å². The third-order valence-electron chi connectivity index (χ3n) is 6.90. The highest BCUT2D eigenvalue weighted by atomic mass is 32.2. The molecule has 41 heavy (non-hydrogen) atoms. The van der Waals surface area contributed by atoms with Crippen LogP contribution in [0.25, 0.3) is 0 Å². The zero-order valence-electron chi connectivity index (χ0n) is 21.5. The molecule has 1 fully saturated rings. The van der Waals surface area contributed by atoms with E-state index in [1.165, 1.54) is 24.3 Å². The van der Waals surface area contributed by atoms with Gasteiger partial charge in [-0.2, -0.15) is 0 Å². The number of para-hydroxylation sites is 1. The van der Waals surface area contributed by atoms with Gasteiger partial charge in [0.2, 0.25) is 11.8 Å². The van der Waals surface area contributed by atoms with Gasteiger partial charge >= 0.3 is 4.87 Å². The minimum Gasteiger partial charge on any atom is -0.497 e. The van der Waals surface area contributed by atoms with Gasteiger partial charge in [0.05, 0.1) is 23.7 Å². The number of methoxy groups -OCH3 is 1. The second kappa shape index (κ2) is 10.9. The third kappa shape index (κ3) is 5.00. The number of fused-ring (bicyclic) bond motifs is 2. The first-order valence-corrected chi connectivity index (χ1v) is 14.2. The number of amides is 3. The number of hydrogen-bond acceptors (Lipinski definition) is 8. The molecule has 0 aliphatic carbocycles. The summed E-state index contributed by atoms with van der Waals surface area (Å²) in [6.07, 6.45) is 0. The van der Waals surface area contributed by atoms with E-state index in [9.17, 15) is 23.6 Å². The lowest BCUT2D eigenvalue weighted by atomic mass is 9.82. The van der Waals surface area contributed by atoms with E-state index in [2.05, 4.69) is 10.3 Å². The minimum atomic E-state index is -0.852. The maximum Gasteiger partial charge on any atom is 0.305 e. The Labute approximate surface area is 241 Å². The molecule has 0 spiro atoms. The SMILES string of the molecule is COc1ccc(NC(=O)COc2ccccc2[C@@H]2c3sc(=O)[nH]c3S[C@H]3C(=O)N(c4ccc(F)cc4)C(=O)[C@@H]23)cc1. The average Bonchev–Trinajstić information content (AvgIpc) is 3.47. The van der Waals surface area contributed by atoms with Crippen molar-refractivity contribution in [3.8, 4) is 11.5 Å². The number of thiazole rings is 1. The lowest BCUT2D eigenvalue weighted by molar-refractivity contribution is -0.122. The standard InChI is InChI=1S/C29H22FN3O6S2/c1-38-18-12-8-16(9-13-18)31-21(34)14-39-20-5-3-2-4-19(20)22-23-25(40-26-24(22)41-29(37)32-26)28(36)33(27(23)35)17-10-6-15(30)7-11-17/h2-13,22-23,25H,14H2,1H3,(H,31,34)(H,32,37)/t22-,23-,25+/m0/s1. The zero-order valence-corrected chi connectivity index (χ0v) is 23.1. The van der Waals surface area contributed by atoms with E-state index < -0.39 is 40.6 Å². The molecule has 0 bridgehead atoms. The number of benzene rings is 3. The number of nitrogens with zero attached hydrogens (tertiary/aromatic N) is 1. The van der Waals surface area contributed by atoms with Gasteiger partial charge in [-0.15, -0.1) is 0 Å². The Hall–Kier alpha value is -4.42. The average molecular weight is 592 g/mol. The van der Waals surface area contributed by atoms with E-state index in [4.69, 9.17) is 9.47 Å². The number of aromatic nitrogens is 1. The van der Waals surface area contributed by atoms with Crippen LogP contribution in [0.1, 0.15) is 16.4 Å². The Bertz CT molecular complexity index is 1700. The van der Waals surface area contributed by atoms with Gasteiger partial charge in [0, 0.05) is 22.0 Å². The van der Waals surface area contributed by atoms with Crippen molar-refractivity contribution in [1.29, 1.82) is 0 Å². The molecule has 4 aromatic rings. The van der Waals surface area contributed by atoms with Crippen LogP contribution in [0.2, 0.25) is 0 Å². The summed E-state index contributed by atoms with van der Waals surface area (Å²) in [7, 11) is 1.55. The summed E-state index contributed by atoms with van der Waals surface area (Å²) >= 11 is 2.12. The normalized spacial score (nSPS) is 19.5. The number of H-pyrrole nitrogens is 1. The molecule has 3 amide bonds. The second-order valence-corrected chi connectivity index (χ2v) is 11.5. The Morgan fingerprint density at radius 2 is 1.73 bits per heavy atom. The smallest absolute Gasteiger partial charge is 0.305 e. The summed E-state index contributed by atoms with van der Waals surface area (Å²) < 4.78 is 24.7. The largest absolute Gasteiger partial charge is 0.497 e. The molecule has 2 N–H and O–H groups in total. The highest BCUT2D eigenvalue weighted by molar-refractivity contribution is 8.00. The fourth-order valence-corrected chi connectivity index (χ4v) is 7.59. The molecule has 208 valence electrons. The zero-order chi connectivity index (χ0) is 28.7. The van der Waals surface area contributed by atoms with Gasteiger partial charge < -0.3 is 19.8 Å². The van der Waals surface area contributed by atoms with Crippen molar-refractivity contribution in [2.45, 2.75) is 16.2 Å². The molecule has 3 atom stereocenters. The number of halogens is 1. The first-order valence-electron chi connectivity index (χ1n) is 12.5. The second-order valence-electron chi connectivity index (χ2n) is 9.34. The first-order chi connectivity index (χ1) is 19.8. The molecule has 2 aliphatic rings. The molecule has 2 aliphatic heterocycles. The van der Waals surface area contributed by atoms with E-state index in [0.717, 1.165) is 28.0 Å². The van der Waals surface area contributed by atoms with Crippen molar-refractivity contribution < 1.29 is 28.2 Å². The van der Waals surface area contributed by atoms with Crippen LogP contribution in [0, 0.1) is 11.7 Å². The first kappa shape index (κ1) is 26.8. The molecule has 0 radical (unpaired) electrons. The lowest BCUT2D eigenvalue weighted by Gasteiger charge is -2.30. The van der Waals surface area contributed by atoms with E-state index in [-0.39, 0.29) is 17.2 Å². The van der Waals surface area contributed by atoms with Crippen molar-refractivity contribution in [3.05, 3.63) is 98.7 Å². The summed E-state index contributed by atoms with van der Waals surface area (Å²) in [4.78, 5) is 56.7. The fourth-order valence-electron chi connectivity index (χ4n) is 5.08. The molecule has 12 heteroatoms. The molecule has 3 heterocycles. The molecule has 0 saturated carbocycles. The van der Waals surface area contributed by atoms with Gasteiger partial charge in [-0.25, -0.2) is 9.29 Å². The molecular formula is C29H22FN3O6S2. The van der Waals surface area contributed by atoms with Crippen molar-refractivity contribution in [1.82, 2.24) is 4.98 Å². The predicted molar refractivity (Wildman–Crippen MR) is 152 cm³/mol. The van der Waals surface area contributed by atoms with Crippen LogP contribution in [-0.2, 0) is 14.4 Å². The Balaban J connectivity index is 1.31. The van der Waals surface area contributed by atoms with E-state index in [1.807, 2.05) is 0 Å². The maximum atomic E-state index is 13.9. The number of nitrogens with one attached hydrogen (secondary N) is 2. The third-order valence-corrected chi connectivity index (χ3v) is 9.30. The predicted octanol–water partition coefficient (Wildman–Crippen LogP) is 4.40. The number of carbonyl (C=O) groups is 3. The van der Waals surface area contributed by atoms with Gasteiger partial charge in [0.15, 0.2) is 6.61 Å². The monoisotopic (exact) mass is 591 g/mol. The molecule has 1 aromatic heterocycles. The number of thioether (sulfide) groups is 1. The highest BCUT2D eigenvalue weighted by Gasteiger charge is 2.56. The van der Waals surface area contributed by atoms with Crippen LogP contribution < -0.4 is 24.6 Å². The number of anilines is 2. The van der Waals surface area contributed by atoms with Gasteiger partial charge in [-0.1, -0.05) is 41.3 Å². The number of carbonyl (C=O) groups excluding carboxylic acids is 3. The molecule has 3 aromatic carbocycles. The number of imide groups is 1. The minimum absolute atomic E-state index is 0.270. The Kier molecular flexibility index (Phi) is 7.10. The summed E-state index contributed by atoms with van der Waals surface area (Å²) in [5.41, 5.74) is 1.41. The van der Waals surface area contributed by atoms with Gasteiger partial charge in [0.1, 0.15) is 22.6 Å². The van der Waals surface area contributed by atoms with Crippen LogP contribution >= 0.6 is 23.1 Å². The van der Waals surface area contributed by atoms with Crippen LogP contribution in [-0.4, -0.2) is 41.7 Å². The van der Waals surface area contributed by atoms with Crippen LogP contribution in [0.4, 0.5) is 15.8 Å². The van der Waals surface area contributed by atoms with Crippen LogP contribution in [0.5, 0.6) is 11.5 Å². The Morgan fingerprint density at radius 3 is 2.46 bits per heavy atom. The topological polar surface area (TPSA) is 118 Å². The van der Waals surface area contributed by atoms with Crippen LogP contribution in [0.3, 0.4) is 0 Å². The van der Waals surface area contributed by atoms with Gasteiger partial charge in [-0.3, -0.25) is 19.2 Å². The van der Waals surface area contributed by atoms with Gasteiger partial charge in [-0.05, 0) is 54.6 Å². The van der Waals surface area contributed by atoms with Gasteiger partial charge in [0.25, 0.3) is 5.91 Å². The van der Waals surface area contributed by atoms with Crippen molar-refractivity contribution >= 4 is 52.2 Å². The van der Waals surface area contributed by atoms with E-state index in [0.29, 0.717) is 32.7 Å². The molecule has 0 unspecified atom stereocenters. The summed E-state index contributed by atoms with van der Waals surface area (Å²) in [5.74, 6) is -2.33. The molecule has 1 saturated heterocycles. The summed E-state index contributed by atoms with van der Waals surface area (Å²) in [6.45, 7) is -0.316. The quantitative estimate of drug-likeness (QED) is 0.306. The Morgan fingerprint density at radius 1 is 1.00 bits per heavy atom. The summed E-state index contributed by atoms with van der Waals surface area (Å²) in [5, 5.41) is 2.46. The number of hydrogen-bond donors (Lipinski definition) is 2. The van der Waals surface area contributed by atoms with Crippen molar-refractivity contribution in [2.75, 3.05) is 23.9 Å². The maximum absolute atomic E-state index is 13.9. The lowest BCUT2D eigenvalue weighted by Crippen LogP contribution is -2.32. The van der Waals surface area contributed by atoms with E-state index >= 15 is 0 Å². The number of rotatable bonds is 7. The number of ether oxygens (including phenoxy) is 2. The highest BCUT2D eigenvalue weighted by Crippen LogP contribution is 2.54. The fraction of sp³-hybridized carbons (Fsp3) is 0.172.